The van der Waals surface area contributed by atoms with Crippen LogP contribution in [0.15, 0.2) is 88.3 Å². The van der Waals surface area contributed by atoms with E-state index in [1.165, 1.54) is 24.8 Å². The largest absolute Gasteiger partial charge is 0.370 e. The molecule has 1 aliphatic rings. The summed E-state index contributed by atoms with van der Waals surface area (Å²) in [5.41, 5.74) is 10.0. The van der Waals surface area contributed by atoms with Crippen molar-refractivity contribution in [3.63, 3.8) is 0 Å². The van der Waals surface area contributed by atoms with Crippen LogP contribution in [0.1, 0.15) is 61.1 Å². The third-order valence-corrected chi connectivity index (χ3v) is 7.99. The number of nitrogens with zero attached hydrogens (tertiary/aromatic N) is 3. The van der Waals surface area contributed by atoms with Crippen molar-refractivity contribution in [1.29, 1.82) is 0 Å². The quantitative estimate of drug-likeness (QED) is 0.191. The van der Waals surface area contributed by atoms with Crippen molar-refractivity contribution in [3.05, 3.63) is 100 Å². The lowest BCUT2D eigenvalue weighted by molar-refractivity contribution is -0.118. The Balaban J connectivity index is 1.61. The van der Waals surface area contributed by atoms with E-state index in [-0.39, 0.29) is 18.2 Å². The molecule has 1 saturated carbocycles. The van der Waals surface area contributed by atoms with E-state index in [1.807, 2.05) is 24.3 Å². The van der Waals surface area contributed by atoms with E-state index >= 15 is 0 Å². The predicted molar refractivity (Wildman–Crippen MR) is 170 cm³/mol. The van der Waals surface area contributed by atoms with Gasteiger partial charge in [0.05, 0.1) is 6.04 Å². The molecular weight excluding hydrogens is 562 g/mol. The third kappa shape index (κ3) is 9.20. The Morgan fingerprint density at radius 2 is 1.55 bits per heavy atom. The first-order chi connectivity index (χ1) is 19.4. The molecule has 1 unspecified atom stereocenters. The van der Waals surface area contributed by atoms with Crippen LogP contribution in [0.4, 0.5) is 5.69 Å². The van der Waals surface area contributed by atoms with Crippen LogP contribution in [0.3, 0.4) is 0 Å². The molecule has 4 rings (SSSR count). The highest BCUT2D eigenvalue weighted by Gasteiger charge is 2.20. The average molecular weight is 605 g/mol. The van der Waals surface area contributed by atoms with Crippen molar-refractivity contribution in [1.82, 2.24) is 9.80 Å². The summed E-state index contributed by atoms with van der Waals surface area (Å²) in [5.74, 6) is 0.520. The Morgan fingerprint density at radius 3 is 2.15 bits per heavy atom. The van der Waals surface area contributed by atoms with Gasteiger partial charge in [-0.15, -0.1) is 0 Å². The Bertz CT molecular complexity index is 1220. The Hall–Kier alpha value is -3.16. The molecule has 6 nitrogen and oxygen atoms in total. The number of hydrogen-bond acceptors (Lipinski definition) is 3. The number of benzene rings is 3. The van der Waals surface area contributed by atoms with Crippen LogP contribution in [-0.4, -0.2) is 54.9 Å². The lowest BCUT2D eigenvalue weighted by atomic mass is 9.88. The molecule has 0 bridgehead atoms. The van der Waals surface area contributed by atoms with Gasteiger partial charge in [0.1, 0.15) is 0 Å². The number of nitrogens with one attached hydrogen (secondary N) is 1. The standard InChI is InChI=1S/C33H42BrN5O/c1-38(2)21-22-39(24-25-9-5-3-6-10-25)33(36-29-11-7-4-8-12-29)37-30-19-15-27(16-20-30)31(23-32(35)40)26-13-17-28(34)18-14-26/h3,5-6,9-10,13-20,29,31H,4,7-8,11-12,21-24H2,1-2H3,(H2,35,40)(H,36,37). The number of halogens is 1. The first kappa shape index (κ1) is 29.8. The second kappa shape index (κ2) is 15.0. The van der Waals surface area contributed by atoms with E-state index < -0.39 is 0 Å². The molecule has 7 heteroatoms. The number of carbonyl (C=O) groups excluding carboxylic acids is 1. The van der Waals surface area contributed by atoms with E-state index in [0.717, 1.165) is 59.7 Å². The van der Waals surface area contributed by atoms with Crippen molar-refractivity contribution in [2.75, 3.05) is 32.5 Å². The van der Waals surface area contributed by atoms with Crippen LogP contribution in [0.5, 0.6) is 0 Å². The van der Waals surface area contributed by atoms with Gasteiger partial charge in [-0.1, -0.05) is 89.8 Å². The van der Waals surface area contributed by atoms with Gasteiger partial charge < -0.3 is 20.9 Å². The molecule has 40 heavy (non-hydrogen) atoms. The number of nitrogens with two attached hydrogens (primary N) is 1. The van der Waals surface area contributed by atoms with Crippen LogP contribution in [0.2, 0.25) is 0 Å². The fourth-order valence-electron chi connectivity index (χ4n) is 5.21. The molecule has 0 aliphatic heterocycles. The Morgan fingerprint density at radius 1 is 0.925 bits per heavy atom. The van der Waals surface area contributed by atoms with E-state index in [4.69, 9.17) is 10.7 Å². The Labute approximate surface area is 247 Å². The van der Waals surface area contributed by atoms with Gasteiger partial charge in [-0.3, -0.25) is 4.79 Å². The van der Waals surface area contributed by atoms with Gasteiger partial charge in [-0.2, -0.15) is 0 Å². The minimum Gasteiger partial charge on any atom is -0.370 e. The van der Waals surface area contributed by atoms with Gasteiger partial charge in [0.15, 0.2) is 5.96 Å². The molecule has 0 spiro atoms. The van der Waals surface area contributed by atoms with E-state index in [1.54, 1.807) is 0 Å². The van der Waals surface area contributed by atoms with E-state index in [2.05, 4.69) is 99.7 Å². The summed E-state index contributed by atoms with van der Waals surface area (Å²) >= 11 is 3.50. The molecule has 3 N–H and O–H groups in total. The number of aliphatic imine (C=N–C) groups is 1. The fourth-order valence-corrected chi connectivity index (χ4v) is 5.48. The normalized spacial score (nSPS) is 15.2. The molecule has 1 amide bonds. The summed E-state index contributed by atoms with van der Waals surface area (Å²) in [6, 6.07) is 27.4. The SMILES string of the molecule is CN(C)CCN(Cc1ccccc1)C(=NC1CCCCC1)Nc1ccc(C(CC(N)=O)c2ccc(Br)cc2)cc1. The molecule has 1 atom stereocenters. The van der Waals surface area contributed by atoms with Crippen LogP contribution in [0, 0.1) is 0 Å². The van der Waals surface area contributed by atoms with Crippen molar-refractivity contribution < 1.29 is 4.79 Å². The number of guanidine groups is 1. The third-order valence-electron chi connectivity index (χ3n) is 7.46. The van der Waals surface area contributed by atoms with Gasteiger partial charge in [0, 0.05) is 42.1 Å². The monoisotopic (exact) mass is 603 g/mol. The summed E-state index contributed by atoms with van der Waals surface area (Å²) in [7, 11) is 4.22. The van der Waals surface area contributed by atoms with E-state index in [0.29, 0.717) is 6.04 Å². The number of rotatable bonds is 11. The van der Waals surface area contributed by atoms with Crippen molar-refractivity contribution >= 4 is 33.5 Å². The highest BCUT2D eigenvalue weighted by atomic mass is 79.9. The second-order valence-corrected chi connectivity index (χ2v) is 11.9. The zero-order chi connectivity index (χ0) is 28.3. The molecule has 3 aromatic rings. The fraction of sp³-hybridized carbons (Fsp3) is 0.394. The predicted octanol–water partition coefficient (Wildman–Crippen LogP) is 6.62. The highest BCUT2D eigenvalue weighted by molar-refractivity contribution is 9.10. The number of amides is 1. The summed E-state index contributed by atoms with van der Waals surface area (Å²) in [6.45, 7) is 2.58. The number of anilines is 1. The number of likely N-dealkylation sites (N-methyl/N-ethyl adjacent to an activating group) is 1. The maximum absolute atomic E-state index is 11.9. The molecular formula is C33H42BrN5O. The maximum atomic E-state index is 11.9. The minimum atomic E-state index is -0.311. The lowest BCUT2D eigenvalue weighted by Gasteiger charge is -2.30. The summed E-state index contributed by atoms with van der Waals surface area (Å²) in [4.78, 5) is 21.8. The molecule has 0 radical (unpaired) electrons. The molecule has 212 valence electrons. The zero-order valence-corrected chi connectivity index (χ0v) is 25.3. The molecule has 1 fully saturated rings. The molecule has 0 heterocycles. The average Bonchev–Trinajstić information content (AvgIpc) is 2.95. The number of hydrogen-bond donors (Lipinski definition) is 2. The highest BCUT2D eigenvalue weighted by Crippen LogP contribution is 2.30. The molecule has 0 saturated heterocycles. The van der Waals surface area contributed by atoms with E-state index in [9.17, 15) is 4.79 Å². The second-order valence-electron chi connectivity index (χ2n) is 11.0. The van der Waals surface area contributed by atoms with Crippen LogP contribution < -0.4 is 11.1 Å². The molecule has 0 aromatic heterocycles. The van der Waals surface area contributed by atoms with Crippen molar-refractivity contribution in [2.24, 2.45) is 10.7 Å². The van der Waals surface area contributed by atoms with Gasteiger partial charge >= 0.3 is 0 Å². The van der Waals surface area contributed by atoms with Crippen LogP contribution in [-0.2, 0) is 11.3 Å². The maximum Gasteiger partial charge on any atom is 0.218 e. The van der Waals surface area contributed by atoms with Gasteiger partial charge in [-0.05, 0) is 67.9 Å². The summed E-state index contributed by atoms with van der Waals surface area (Å²) in [5, 5.41) is 3.68. The number of carbonyl (C=O) groups is 1. The first-order valence-corrected chi connectivity index (χ1v) is 15.1. The first-order valence-electron chi connectivity index (χ1n) is 14.3. The van der Waals surface area contributed by atoms with Crippen molar-refractivity contribution in [2.45, 2.75) is 57.0 Å². The van der Waals surface area contributed by atoms with Crippen molar-refractivity contribution in [3.8, 4) is 0 Å². The Kier molecular flexibility index (Phi) is 11.2. The van der Waals surface area contributed by atoms with Crippen LogP contribution in [0.25, 0.3) is 0 Å². The molecule has 3 aromatic carbocycles. The molecule has 1 aliphatic carbocycles. The smallest absolute Gasteiger partial charge is 0.218 e. The van der Waals surface area contributed by atoms with Gasteiger partial charge in [0.2, 0.25) is 5.91 Å². The minimum absolute atomic E-state index is 0.0929. The lowest BCUT2D eigenvalue weighted by Crippen LogP contribution is -2.41. The summed E-state index contributed by atoms with van der Waals surface area (Å²) in [6.07, 6.45) is 6.32. The van der Waals surface area contributed by atoms with Gasteiger partial charge in [0.25, 0.3) is 0 Å². The summed E-state index contributed by atoms with van der Waals surface area (Å²) < 4.78 is 1.01. The van der Waals surface area contributed by atoms with Gasteiger partial charge in [-0.25, -0.2) is 4.99 Å². The number of primary amides is 1. The van der Waals surface area contributed by atoms with Crippen LogP contribution >= 0.6 is 15.9 Å². The topological polar surface area (TPSA) is 74.0 Å². The zero-order valence-electron chi connectivity index (χ0n) is 23.7.